The van der Waals surface area contributed by atoms with Crippen LogP contribution in [-0.4, -0.2) is 6.71 Å². The maximum atomic E-state index is 6.65. The molecule has 45 heavy (non-hydrogen) atoms. The molecule has 9 rings (SSSR count). The number of benzene rings is 6. The molecule has 216 valence electrons. The molecule has 0 saturated heterocycles. The molecule has 0 N–H and O–H groups in total. The van der Waals surface area contributed by atoms with Crippen molar-refractivity contribution in [2.75, 3.05) is 4.90 Å². The Bertz CT molecular complexity index is 2260. The number of para-hydroxylation sites is 2. The van der Waals surface area contributed by atoms with Gasteiger partial charge in [0, 0.05) is 39.4 Å². The molecule has 6 aromatic carbocycles. The summed E-state index contributed by atoms with van der Waals surface area (Å²) in [6.45, 7) is 6.73. The zero-order valence-electron chi connectivity index (χ0n) is 25.4. The van der Waals surface area contributed by atoms with E-state index in [-0.39, 0.29) is 12.1 Å². The summed E-state index contributed by atoms with van der Waals surface area (Å²) in [4.78, 5) is 2.28. The predicted molar refractivity (Wildman–Crippen MR) is 185 cm³/mol. The molecule has 0 spiro atoms. The van der Waals surface area contributed by atoms with Gasteiger partial charge in [-0.1, -0.05) is 75.4 Å². The highest BCUT2D eigenvalue weighted by Crippen LogP contribution is 2.41. The first-order valence-corrected chi connectivity index (χ1v) is 15.5. The van der Waals surface area contributed by atoms with Crippen molar-refractivity contribution in [1.82, 2.24) is 0 Å². The molecule has 0 aliphatic carbocycles. The topological polar surface area (TPSA) is 34.8 Å². The van der Waals surface area contributed by atoms with Crippen LogP contribution in [0.1, 0.15) is 26.3 Å². The molecule has 0 fully saturated rings. The summed E-state index contributed by atoms with van der Waals surface area (Å²) in [6, 6.07) is 44.5. The van der Waals surface area contributed by atoms with Gasteiger partial charge in [-0.25, -0.2) is 0 Å². The van der Waals surface area contributed by atoms with Crippen molar-refractivity contribution in [1.29, 1.82) is 0 Å². The molecule has 4 nitrogen and oxygen atoms in total. The zero-order chi connectivity index (χ0) is 30.3. The van der Waals surface area contributed by atoms with Crippen LogP contribution in [0.4, 0.5) is 17.1 Å². The van der Waals surface area contributed by atoms with Crippen LogP contribution >= 0.6 is 0 Å². The standard InChI is InChI=1S/C40H30BNO3/c1-40(2,3)25-16-18-27(19-17-25)42(26-10-5-4-6-11-26)28-20-21-29-30-23-38-32(24-37(30)45-36(29)22-28)41-31-12-7-8-13-33(31)43-34-14-9-15-35(44-38)39(34)41/h4-24H,1-3H3. The minimum Gasteiger partial charge on any atom is -0.458 e. The van der Waals surface area contributed by atoms with E-state index >= 15 is 0 Å². The summed E-state index contributed by atoms with van der Waals surface area (Å²) in [5.74, 6) is 3.41. The van der Waals surface area contributed by atoms with E-state index in [4.69, 9.17) is 13.9 Å². The van der Waals surface area contributed by atoms with Crippen molar-refractivity contribution < 1.29 is 13.9 Å². The number of hydrogen-bond donors (Lipinski definition) is 0. The van der Waals surface area contributed by atoms with Crippen molar-refractivity contribution in [3.05, 3.63) is 133 Å². The summed E-state index contributed by atoms with van der Waals surface area (Å²) in [5.41, 5.74) is 9.58. The average Bonchev–Trinajstić information content (AvgIpc) is 3.41. The third-order valence-corrected chi connectivity index (χ3v) is 9.15. The van der Waals surface area contributed by atoms with Gasteiger partial charge < -0.3 is 18.8 Å². The molecule has 5 heteroatoms. The highest BCUT2D eigenvalue weighted by molar-refractivity contribution is 6.98. The number of rotatable bonds is 3. The summed E-state index contributed by atoms with van der Waals surface area (Å²) >= 11 is 0. The summed E-state index contributed by atoms with van der Waals surface area (Å²) < 4.78 is 19.5. The summed E-state index contributed by atoms with van der Waals surface area (Å²) in [6.07, 6.45) is 0. The van der Waals surface area contributed by atoms with Crippen molar-refractivity contribution in [2.45, 2.75) is 26.2 Å². The van der Waals surface area contributed by atoms with Gasteiger partial charge in [0.25, 0.3) is 6.71 Å². The van der Waals surface area contributed by atoms with Crippen molar-refractivity contribution in [3.63, 3.8) is 0 Å². The second-order valence-electron chi connectivity index (χ2n) is 13.0. The Kier molecular flexibility index (Phi) is 5.52. The monoisotopic (exact) mass is 583 g/mol. The lowest BCUT2D eigenvalue weighted by Gasteiger charge is -2.32. The molecule has 0 unspecified atom stereocenters. The highest BCUT2D eigenvalue weighted by Gasteiger charge is 2.40. The largest absolute Gasteiger partial charge is 0.458 e. The van der Waals surface area contributed by atoms with E-state index in [2.05, 4.69) is 123 Å². The van der Waals surface area contributed by atoms with E-state index in [1.165, 1.54) is 5.56 Å². The van der Waals surface area contributed by atoms with Crippen LogP contribution in [-0.2, 0) is 5.41 Å². The van der Waals surface area contributed by atoms with Gasteiger partial charge in [-0.15, -0.1) is 0 Å². The van der Waals surface area contributed by atoms with Gasteiger partial charge in [-0.3, -0.25) is 0 Å². The van der Waals surface area contributed by atoms with Crippen LogP contribution in [0.2, 0.25) is 0 Å². The predicted octanol–water partition coefficient (Wildman–Crippen LogP) is 9.08. The normalized spacial score (nSPS) is 13.1. The molecule has 1 aromatic heterocycles. The van der Waals surface area contributed by atoms with Gasteiger partial charge in [-0.05, 0) is 88.6 Å². The molecule has 0 radical (unpaired) electrons. The molecule has 3 heterocycles. The minimum absolute atomic E-state index is 0.00251. The molecule has 0 amide bonds. The Morgan fingerprint density at radius 2 is 1.16 bits per heavy atom. The SMILES string of the molecule is CC(C)(C)c1ccc(N(c2ccccc2)c2ccc3c(c2)oc2cc4c(cc23)Oc2cccc3c2B4c2ccccc2O3)cc1. The van der Waals surface area contributed by atoms with Gasteiger partial charge in [-0.2, -0.15) is 0 Å². The van der Waals surface area contributed by atoms with Gasteiger partial charge in [0.2, 0.25) is 0 Å². The molecular formula is C40H30BNO3. The first kappa shape index (κ1) is 26.0. The number of nitrogens with zero attached hydrogens (tertiary/aromatic N) is 1. The van der Waals surface area contributed by atoms with Crippen LogP contribution < -0.4 is 30.8 Å². The van der Waals surface area contributed by atoms with Crippen molar-refractivity contribution >= 4 is 62.1 Å². The Balaban J connectivity index is 1.19. The molecular weight excluding hydrogens is 553 g/mol. The Hall–Kier alpha value is -5.42. The van der Waals surface area contributed by atoms with Crippen LogP contribution in [0.15, 0.2) is 132 Å². The van der Waals surface area contributed by atoms with Gasteiger partial charge in [0.15, 0.2) is 0 Å². The van der Waals surface area contributed by atoms with Gasteiger partial charge >= 0.3 is 0 Å². The average molecular weight is 583 g/mol. The highest BCUT2D eigenvalue weighted by atomic mass is 16.5. The van der Waals surface area contributed by atoms with Gasteiger partial charge in [0.05, 0.1) is 0 Å². The van der Waals surface area contributed by atoms with Crippen LogP contribution in [0, 0.1) is 0 Å². The van der Waals surface area contributed by atoms with E-state index < -0.39 is 0 Å². The van der Waals surface area contributed by atoms with E-state index in [0.29, 0.717) is 0 Å². The van der Waals surface area contributed by atoms with Crippen LogP contribution in [0.25, 0.3) is 21.9 Å². The number of fused-ring (bicyclic) bond motifs is 7. The van der Waals surface area contributed by atoms with Crippen LogP contribution in [0.5, 0.6) is 23.0 Å². The molecule has 0 bridgehead atoms. The third kappa shape index (κ3) is 4.07. The molecule has 7 aromatic rings. The van der Waals surface area contributed by atoms with E-state index in [9.17, 15) is 0 Å². The maximum absolute atomic E-state index is 6.65. The fraction of sp³-hybridized carbons (Fsp3) is 0.100. The Labute approximate surface area is 262 Å². The zero-order valence-corrected chi connectivity index (χ0v) is 25.4. The first-order chi connectivity index (χ1) is 21.9. The summed E-state index contributed by atoms with van der Waals surface area (Å²) in [5, 5.41) is 2.10. The lowest BCUT2D eigenvalue weighted by Crippen LogP contribution is -2.57. The quantitative estimate of drug-likeness (QED) is 0.194. The van der Waals surface area contributed by atoms with Crippen molar-refractivity contribution in [2.24, 2.45) is 0 Å². The van der Waals surface area contributed by atoms with E-state index in [0.717, 1.165) is 78.4 Å². The smallest absolute Gasteiger partial charge is 0.260 e. The lowest BCUT2D eigenvalue weighted by molar-refractivity contribution is 0.465. The van der Waals surface area contributed by atoms with Gasteiger partial charge in [0.1, 0.15) is 34.2 Å². The number of furan rings is 1. The Morgan fingerprint density at radius 1 is 0.511 bits per heavy atom. The van der Waals surface area contributed by atoms with Crippen LogP contribution in [0.3, 0.4) is 0 Å². The lowest BCUT2D eigenvalue weighted by atomic mass is 9.35. The second kappa shape index (κ2) is 9.54. The van der Waals surface area contributed by atoms with E-state index in [1.54, 1.807) is 0 Å². The maximum Gasteiger partial charge on any atom is 0.260 e. The Morgan fingerprint density at radius 3 is 1.93 bits per heavy atom. The molecule has 2 aliphatic heterocycles. The van der Waals surface area contributed by atoms with Crippen molar-refractivity contribution in [3.8, 4) is 23.0 Å². The fourth-order valence-corrected chi connectivity index (χ4v) is 6.91. The molecule has 0 atom stereocenters. The number of hydrogen-bond acceptors (Lipinski definition) is 4. The number of ether oxygens (including phenoxy) is 2. The molecule has 2 aliphatic rings. The number of anilines is 3. The van der Waals surface area contributed by atoms with E-state index in [1.807, 2.05) is 30.3 Å². The first-order valence-electron chi connectivity index (χ1n) is 15.5. The minimum atomic E-state index is 0.00251. The summed E-state index contributed by atoms with van der Waals surface area (Å²) in [7, 11) is 0. The third-order valence-electron chi connectivity index (χ3n) is 9.15. The fourth-order valence-electron chi connectivity index (χ4n) is 6.91. The molecule has 0 saturated carbocycles. The second-order valence-corrected chi connectivity index (χ2v) is 13.0.